The fourth-order valence-corrected chi connectivity index (χ4v) is 4.10. The number of ether oxygens (including phenoxy) is 4. The molecule has 0 radical (unpaired) electrons. The van der Waals surface area contributed by atoms with Gasteiger partial charge < -0.3 is 44.5 Å². The van der Waals surface area contributed by atoms with Gasteiger partial charge in [-0.05, 0) is 12.3 Å². The van der Waals surface area contributed by atoms with Crippen LogP contribution in [0.1, 0.15) is 13.3 Å². The van der Waals surface area contributed by atoms with Crippen LogP contribution in [0, 0.1) is 17.8 Å². The second kappa shape index (κ2) is 8.00. The molecule has 0 bridgehead atoms. The van der Waals surface area contributed by atoms with Gasteiger partial charge in [0.15, 0.2) is 6.29 Å². The third kappa shape index (κ3) is 3.58. The van der Waals surface area contributed by atoms with Gasteiger partial charge in [0, 0.05) is 11.8 Å². The number of hydrogen-bond donors (Lipinski definition) is 5. The van der Waals surface area contributed by atoms with Crippen molar-refractivity contribution in [3.05, 3.63) is 11.8 Å². The van der Waals surface area contributed by atoms with Gasteiger partial charge in [0.25, 0.3) is 0 Å². The van der Waals surface area contributed by atoms with E-state index >= 15 is 0 Å². The Labute approximate surface area is 155 Å². The van der Waals surface area contributed by atoms with Crippen LogP contribution in [-0.2, 0) is 23.7 Å². The monoisotopic (exact) mass is 390 g/mol. The maximum absolute atomic E-state index is 12.0. The summed E-state index contributed by atoms with van der Waals surface area (Å²) in [6, 6.07) is 0. The van der Waals surface area contributed by atoms with E-state index in [0.717, 1.165) is 0 Å². The maximum atomic E-state index is 12.0. The number of hydrogen-bond acceptors (Lipinski definition) is 10. The second-order valence-electron chi connectivity index (χ2n) is 7.25. The predicted molar refractivity (Wildman–Crippen MR) is 86.6 cm³/mol. The molecule has 5 N–H and O–H groups in total. The Morgan fingerprint density at radius 3 is 2.52 bits per heavy atom. The fourth-order valence-electron chi connectivity index (χ4n) is 4.10. The maximum Gasteiger partial charge on any atom is 0.337 e. The van der Waals surface area contributed by atoms with Crippen LogP contribution in [0.15, 0.2) is 11.8 Å². The molecule has 2 aliphatic heterocycles. The van der Waals surface area contributed by atoms with Crippen LogP contribution in [0.5, 0.6) is 0 Å². The first-order valence-corrected chi connectivity index (χ1v) is 8.88. The fraction of sp³-hybridized carbons (Fsp3) is 0.824. The number of aliphatic hydroxyl groups is 5. The molecule has 1 saturated carbocycles. The molecule has 0 aromatic heterocycles. The third-order valence-electron chi connectivity index (χ3n) is 5.75. The summed E-state index contributed by atoms with van der Waals surface area (Å²) in [5.41, 5.74) is 0.291. The van der Waals surface area contributed by atoms with Gasteiger partial charge >= 0.3 is 5.97 Å². The molecule has 0 spiro atoms. The number of carbonyl (C=O) groups excluding carboxylic acids is 1. The second-order valence-corrected chi connectivity index (χ2v) is 7.25. The summed E-state index contributed by atoms with van der Waals surface area (Å²) in [6.45, 7) is 1.21. The van der Waals surface area contributed by atoms with Gasteiger partial charge in [-0.1, -0.05) is 6.92 Å². The van der Waals surface area contributed by atoms with Gasteiger partial charge in [0.2, 0.25) is 6.29 Å². The molecule has 10 atom stereocenters. The normalized spacial score (nSPS) is 47.0. The van der Waals surface area contributed by atoms with Crippen molar-refractivity contribution in [2.45, 2.75) is 56.4 Å². The lowest BCUT2D eigenvalue weighted by molar-refractivity contribution is -0.342. The highest BCUT2D eigenvalue weighted by molar-refractivity contribution is 5.89. The van der Waals surface area contributed by atoms with Crippen molar-refractivity contribution >= 4 is 5.97 Å². The van der Waals surface area contributed by atoms with Crippen molar-refractivity contribution in [2.24, 2.45) is 17.8 Å². The highest BCUT2D eigenvalue weighted by Gasteiger charge is 2.53. The Hall–Kier alpha value is -1.27. The van der Waals surface area contributed by atoms with E-state index in [-0.39, 0.29) is 11.8 Å². The van der Waals surface area contributed by atoms with Crippen molar-refractivity contribution in [3.63, 3.8) is 0 Å². The molecule has 154 valence electrons. The van der Waals surface area contributed by atoms with Crippen LogP contribution in [0.3, 0.4) is 0 Å². The van der Waals surface area contributed by atoms with Crippen LogP contribution in [0.25, 0.3) is 0 Å². The molecule has 1 aliphatic carbocycles. The molecule has 27 heavy (non-hydrogen) atoms. The van der Waals surface area contributed by atoms with Crippen LogP contribution >= 0.6 is 0 Å². The molecule has 0 aromatic rings. The predicted octanol–water partition coefficient (Wildman–Crippen LogP) is -2.15. The smallest absolute Gasteiger partial charge is 0.337 e. The van der Waals surface area contributed by atoms with Gasteiger partial charge in [0.1, 0.15) is 24.4 Å². The third-order valence-corrected chi connectivity index (χ3v) is 5.75. The van der Waals surface area contributed by atoms with Crippen molar-refractivity contribution in [1.29, 1.82) is 0 Å². The lowest BCUT2D eigenvalue weighted by Crippen LogP contribution is -2.60. The Bertz CT molecular complexity index is 578. The quantitative estimate of drug-likeness (QED) is 0.336. The molecule has 3 rings (SSSR count). The Kier molecular flexibility index (Phi) is 6.06. The van der Waals surface area contributed by atoms with Crippen molar-refractivity contribution in [1.82, 2.24) is 0 Å². The van der Waals surface area contributed by atoms with E-state index < -0.39 is 61.6 Å². The molecular weight excluding hydrogens is 364 g/mol. The van der Waals surface area contributed by atoms with E-state index in [1.54, 1.807) is 6.92 Å². The number of aliphatic hydroxyl groups excluding tert-OH is 5. The van der Waals surface area contributed by atoms with E-state index in [4.69, 9.17) is 18.9 Å². The summed E-state index contributed by atoms with van der Waals surface area (Å²) < 4.78 is 21.4. The lowest BCUT2D eigenvalue weighted by Gasteiger charge is -2.43. The Morgan fingerprint density at radius 2 is 1.89 bits per heavy atom. The van der Waals surface area contributed by atoms with Gasteiger partial charge in [-0.15, -0.1) is 0 Å². The standard InChI is InChI=1S/C17H26O10/c1-6-9(19)3-7-8(15(23)24-2)5-25-16(11(6)7)27-17-14(22)13(21)12(20)10(4-18)26-17/h5-7,9-14,16-22H,3-4H2,1-2H3/t6-,7-,9+,10-,11+,12+,13+,14+,16-,17+/m0/s1. The van der Waals surface area contributed by atoms with Crippen molar-refractivity contribution < 1.29 is 49.3 Å². The minimum absolute atomic E-state index is 0.279. The van der Waals surface area contributed by atoms with E-state index in [2.05, 4.69) is 0 Å². The molecule has 3 aliphatic rings. The van der Waals surface area contributed by atoms with Crippen LogP contribution in [0.2, 0.25) is 0 Å². The minimum Gasteiger partial charge on any atom is -0.472 e. The van der Waals surface area contributed by atoms with Gasteiger partial charge in [-0.2, -0.15) is 0 Å². The molecule has 2 fully saturated rings. The Morgan fingerprint density at radius 1 is 1.19 bits per heavy atom. The molecular formula is C17H26O10. The SMILES string of the molecule is COC(=O)C1=CO[C@@H](O[C@H]2O[C@@H](CO)[C@@H](O)[C@@H](O)[C@H]2O)[C@@H]2[C@@H](C)[C@H](O)C[C@@H]12. The summed E-state index contributed by atoms with van der Waals surface area (Å²) in [7, 11) is 1.25. The molecule has 1 saturated heterocycles. The van der Waals surface area contributed by atoms with Crippen molar-refractivity contribution in [3.8, 4) is 0 Å². The average Bonchev–Trinajstić information content (AvgIpc) is 2.96. The van der Waals surface area contributed by atoms with Crippen LogP contribution in [0.4, 0.5) is 0 Å². The summed E-state index contributed by atoms with van der Waals surface area (Å²) in [5.74, 6) is -1.63. The van der Waals surface area contributed by atoms with Gasteiger partial charge in [-0.25, -0.2) is 4.79 Å². The van der Waals surface area contributed by atoms with Crippen molar-refractivity contribution in [2.75, 3.05) is 13.7 Å². The zero-order chi connectivity index (χ0) is 19.9. The summed E-state index contributed by atoms with van der Waals surface area (Å²) in [5, 5.41) is 49.4. The summed E-state index contributed by atoms with van der Waals surface area (Å²) in [4.78, 5) is 12.0. The van der Waals surface area contributed by atoms with E-state index in [1.165, 1.54) is 13.4 Å². The topological polar surface area (TPSA) is 155 Å². The molecule has 0 unspecified atom stereocenters. The van der Waals surface area contributed by atoms with E-state index in [1.807, 2.05) is 0 Å². The minimum atomic E-state index is -1.58. The zero-order valence-electron chi connectivity index (χ0n) is 15.0. The summed E-state index contributed by atoms with van der Waals surface area (Å²) in [6.07, 6.45) is -7.25. The molecule has 0 aromatic carbocycles. The van der Waals surface area contributed by atoms with Gasteiger partial charge in [0.05, 0.1) is 31.7 Å². The van der Waals surface area contributed by atoms with Crippen LogP contribution < -0.4 is 0 Å². The van der Waals surface area contributed by atoms with Gasteiger partial charge in [-0.3, -0.25) is 0 Å². The highest BCUT2D eigenvalue weighted by atomic mass is 16.8. The van der Waals surface area contributed by atoms with E-state index in [9.17, 15) is 30.3 Å². The first-order chi connectivity index (χ1) is 12.8. The lowest BCUT2D eigenvalue weighted by atomic mass is 9.83. The molecule has 10 heteroatoms. The first-order valence-electron chi connectivity index (χ1n) is 8.88. The largest absolute Gasteiger partial charge is 0.472 e. The highest BCUT2D eigenvalue weighted by Crippen LogP contribution is 2.47. The molecule has 10 nitrogen and oxygen atoms in total. The average molecular weight is 390 g/mol. The number of esters is 1. The molecule has 0 amide bonds. The zero-order valence-corrected chi connectivity index (χ0v) is 15.0. The molecule has 2 heterocycles. The number of fused-ring (bicyclic) bond motifs is 1. The Balaban J connectivity index is 1.80. The van der Waals surface area contributed by atoms with E-state index in [0.29, 0.717) is 12.0 Å². The summed E-state index contributed by atoms with van der Waals surface area (Å²) >= 11 is 0. The number of methoxy groups -OCH3 is 1. The first kappa shape index (κ1) is 20.5. The van der Waals surface area contributed by atoms with Crippen LogP contribution in [-0.4, -0.2) is 88.3 Å². The number of rotatable bonds is 4. The number of carbonyl (C=O) groups is 1.